The fourth-order valence-electron chi connectivity index (χ4n) is 4.30. The van der Waals surface area contributed by atoms with E-state index in [1.807, 2.05) is 0 Å². The first kappa shape index (κ1) is 13.8. The van der Waals surface area contributed by atoms with Crippen molar-refractivity contribution in [3.63, 3.8) is 0 Å². The Kier molecular flexibility index (Phi) is 4.45. The summed E-state index contributed by atoms with van der Waals surface area (Å²) in [5.41, 5.74) is 0. The summed E-state index contributed by atoms with van der Waals surface area (Å²) in [6.07, 6.45) is 7.18. The van der Waals surface area contributed by atoms with Crippen LogP contribution in [-0.4, -0.2) is 60.6 Å². The highest BCUT2D eigenvalue weighted by molar-refractivity contribution is 4.92. The zero-order valence-electron chi connectivity index (χ0n) is 12.8. The van der Waals surface area contributed by atoms with Crippen LogP contribution < -0.4 is 5.32 Å². The first-order valence-corrected chi connectivity index (χ1v) is 8.44. The van der Waals surface area contributed by atoms with E-state index in [9.17, 15) is 0 Å². The summed E-state index contributed by atoms with van der Waals surface area (Å²) in [7, 11) is 0. The zero-order valence-corrected chi connectivity index (χ0v) is 12.8. The Morgan fingerprint density at radius 3 is 2.63 bits per heavy atom. The maximum Gasteiger partial charge on any atom is 0.0122 e. The van der Waals surface area contributed by atoms with Crippen LogP contribution in [0.4, 0.5) is 0 Å². The predicted octanol–water partition coefficient (Wildman–Crippen LogP) is 1.93. The van der Waals surface area contributed by atoms with E-state index in [1.165, 1.54) is 64.8 Å². The van der Waals surface area contributed by atoms with Gasteiger partial charge in [-0.25, -0.2) is 0 Å². The number of likely N-dealkylation sites (tertiary alicyclic amines) is 1. The maximum atomic E-state index is 3.61. The summed E-state index contributed by atoms with van der Waals surface area (Å²) in [6.45, 7) is 11.2. The Bertz CT molecular complexity index is 292. The van der Waals surface area contributed by atoms with Gasteiger partial charge in [-0.15, -0.1) is 0 Å². The maximum absolute atomic E-state index is 3.61. The quantitative estimate of drug-likeness (QED) is 0.838. The Balaban J connectivity index is 1.45. The van der Waals surface area contributed by atoms with Crippen LogP contribution in [0, 0.1) is 5.92 Å². The molecule has 0 aliphatic carbocycles. The van der Waals surface area contributed by atoms with Crippen molar-refractivity contribution in [1.82, 2.24) is 15.1 Å². The van der Waals surface area contributed by atoms with Crippen molar-refractivity contribution in [3.05, 3.63) is 0 Å². The summed E-state index contributed by atoms with van der Waals surface area (Å²) in [4.78, 5) is 5.55. The first-order valence-electron chi connectivity index (χ1n) is 8.44. The Labute approximate surface area is 118 Å². The van der Waals surface area contributed by atoms with E-state index in [0.717, 1.165) is 18.0 Å². The molecule has 0 amide bonds. The number of piperidine rings is 1. The minimum atomic E-state index is 0.635. The monoisotopic (exact) mass is 265 g/mol. The highest BCUT2D eigenvalue weighted by atomic mass is 15.2. The molecule has 0 spiro atoms. The van der Waals surface area contributed by atoms with Crippen LogP contribution in [0.15, 0.2) is 0 Å². The largest absolute Gasteiger partial charge is 0.314 e. The smallest absolute Gasteiger partial charge is 0.0122 e. The van der Waals surface area contributed by atoms with E-state index < -0.39 is 0 Å². The van der Waals surface area contributed by atoms with Gasteiger partial charge < -0.3 is 10.2 Å². The molecule has 19 heavy (non-hydrogen) atoms. The molecular formula is C16H31N3. The molecule has 3 unspecified atom stereocenters. The number of nitrogens with one attached hydrogen (secondary N) is 1. The molecule has 1 N–H and O–H groups in total. The lowest BCUT2D eigenvalue weighted by Gasteiger charge is -2.39. The second-order valence-corrected chi connectivity index (χ2v) is 7.22. The average Bonchev–Trinajstić information content (AvgIpc) is 3.04. The van der Waals surface area contributed by atoms with Crippen molar-refractivity contribution < 1.29 is 0 Å². The summed E-state index contributed by atoms with van der Waals surface area (Å²) >= 11 is 0. The molecule has 3 saturated heterocycles. The van der Waals surface area contributed by atoms with Gasteiger partial charge in [0.2, 0.25) is 0 Å². The third kappa shape index (κ3) is 3.32. The topological polar surface area (TPSA) is 18.5 Å². The minimum Gasteiger partial charge on any atom is -0.314 e. The van der Waals surface area contributed by atoms with Gasteiger partial charge >= 0.3 is 0 Å². The van der Waals surface area contributed by atoms with Gasteiger partial charge in [0.25, 0.3) is 0 Å². The van der Waals surface area contributed by atoms with Gasteiger partial charge in [-0.3, -0.25) is 4.90 Å². The van der Waals surface area contributed by atoms with E-state index >= 15 is 0 Å². The van der Waals surface area contributed by atoms with Crippen molar-refractivity contribution in [2.24, 2.45) is 5.92 Å². The van der Waals surface area contributed by atoms with Gasteiger partial charge in [0.05, 0.1) is 0 Å². The van der Waals surface area contributed by atoms with Crippen molar-refractivity contribution >= 4 is 0 Å². The molecule has 0 radical (unpaired) electrons. The molecule has 3 nitrogen and oxygen atoms in total. The molecule has 3 aliphatic rings. The van der Waals surface area contributed by atoms with Gasteiger partial charge in [-0.1, -0.05) is 13.8 Å². The fraction of sp³-hybridized carbons (Fsp3) is 1.00. The van der Waals surface area contributed by atoms with Gasteiger partial charge in [0.15, 0.2) is 0 Å². The fourth-order valence-corrected chi connectivity index (χ4v) is 4.30. The lowest BCUT2D eigenvalue weighted by Crippen LogP contribution is -2.47. The van der Waals surface area contributed by atoms with E-state index in [0.29, 0.717) is 6.04 Å². The van der Waals surface area contributed by atoms with Crippen LogP contribution in [0.1, 0.15) is 46.0 Å². The van der Waals surface area contributed by atoms with Gasteiger partial charge in [-0.2, -0.15) is 0 Å². The summed E-state index contributed by atoms with van der Waals surface area (Å²) in [5.74, 6) is 0.893. The van der Waals surface area contributed by atoms with Gasteiger partial charge in [0, 0.05) is 24.7 Å². The molecule has 0 aromatic carbocycles. The van der Waals surface area contributed by atoms with Gasteiger partial charge in [-0.05, 0) is 64.2 Å². The van der Waals surface area contributed by atoms with Crippen molar-refractivity contribution in [3.8, 4) is 0 Å². The van der Waals surface area contributed by atoms with E-state index in [1.54, 1.807) is 0 Å². The van der Waals surface area contributed by atoms with E-state index in [-0.39, 0.29) is 0 Å². The number of nitrogens with zero attached hydrogens (tertiary/aromatic N) is 2. The second-order valence-electron chi connectivity index (χ2n) is 7.22. The molecule has 110 valence electrons. The average molecular weight is 265 g/mol. The summed E-state index contributed by atoms with van der Waals surface area (Å²) in [6, 6.07) is 2.45. The van der Waals surface area contributed by atoms with Crippen molar-refractivity contribution in [2.45, 2.75) is 64.1 Å². The minimum absolute atomic E-state index is 0.635. The molecule has 3 heteroatoms. The van der Waals surface area contributed by atoms with Gasteiger partial charge in [0.1, 0.15) is 0 Å². The Morgan fingerprint density at radius 1 is 1.00 bits per heavy atom. The van der Waals surface area contributed by atoms with Crippen LogP contribution in [0.3, 0.4) is 0 Å². The van der Waals surface area contributed by atoms with E-state index in [4.69, 9.17) is 0 Å². The highest BCUT2D eigenvalue weighted by Crippen LogP contribution is 2.31. The normalized spacial score (nSPS) is 37.1. The number of hydrogen-bond donors (Lipinski definition) is 1. The van der Waals surface area contributed by atoms with Crippen LogP contribution in [0.5, 0.6) is 0 Å². The molecule has 3 atom stereocenters. The molecule has 0 aromatic heterocycles. The lowest BCUT2D eigenvalue weighted by atomic mass is 9.96. The summed E-state index contributed by atoms with van der Waals surface area (Å²) in [5, 5.41) is 3.61. The molecular weight excluding hydrogens is 234 g/mol. The molecule has 3 rings (SSSR count). The third-order valence-electron chi connectivity index (χ3n) is 5.44. The number of rotatable bonds is 4. The third-order valence-corrected chi connectivity index (χ3v) is 5.44. The van der Waals surface area contributed by atoms with E-state index in [2.05, 4.69) is 29.0 Å². The molecule has 3 aliphatic heterocycles. The molecule has 3 heterocycles. The SMILES string of the molecule is CC(C)NCC1CCN(C2CCN3CCCC3C2)C1. The Hall–Kier alpha value is -0.120. The lowest BCUT2D eigenvalue weighted by molar-refractivity contribution is 0.101. The second kappa shape index (κ2) is 6.11. The Morgan fingerprint density at radius 2 is 1.79 bits per heavy atom. The van der Waals surface area contributed by atoms with Crippen LogP contribution >= 0.6 is 0 Å². The highest BCUT2D eigenvalue weighted by Gasteiger charge is 2.36. The molecule has 0 bridgehead atoms. The zero-order chi connectivity index (χ0) is 13.2. The molecule has 0 saturated carbocycles. The molecule has 3 fully saturated rings. The number of hydrogen-bond acceptors (Lipinski definition) is 3. The van der Waals surface area contributed by atoms with Crippen LogP contribution in [-0.2, 0) is 0 Å². The standard InChI is InChI=1S/C16H31N3/c1-13(2)17-11-14-5-8-19(12-14)16-6-9-18-7-3-4-15(18)10-16/h13-17H,3-12H2,1-2H3. The first-order chi connectivity index (χ1) is 9.22. The van der Waals surface area contributed by atoms with Crippen LogP contribution in [0.25, 0.3) is 0 Å². The summed E-state index contributed by atoms with van der Waals surface area (Å²) < 4.78 is 0. The number of fused-ring (bicyclic) bond motifs is 1. The molecule has 0 aromatic rings. The van der Waals surface area contributed by atoms with Crippen molar-refractivity contribution in [2.75, 3.05) is 32.7 Å². The predicted molar refractivity (Wildman–Crippen MR) is 80.4 cm³/mol. The van der Waals surface area contributed by atoms with Crippen LogP contribution in [0.2, 0.25) is 0 Å². The van der Waals surface area contributed by atoms with Crippen molar-refractivity contribution in [1.29, 1.82) is 0 Å².